The van der Waals surface area contributed by atoms with E-state index in [0.29, 0.717) is 21.7 Å². The Labute approximate surface area is 132 Å². The van der Waals surface area contributed by atoms with Crippen molar-refractivity contribution >= 4 is 51.1 Å². The molecule has 7 nitrogen and oxygen atoms in total. The summed E-state index contributed by atoms with van der Waals surface area (Å²) in [5, 5.41) is 16.8. The first-order chi connectivity index (χ1) is 9.99. The summed E-state index contributed by atoms with van der Waals surface area (Å²) in [6.45, 7) is 0.328. The van der Waals surface area contributed by atoms with Crippen LogP contribution in [0.15, 0.2) is 17.6 Å². The van der Waals surface area contributed by atoms with Crippen LogP contribution in [0.5, 0.6) is 0 Å². The molecule has 21 heavy (non-hydrogen) atoms. The average molecular weight is 346 g/mol. The molecule has 110 valence electrons. The van der Waals surface area contributed by atoms with Crippen LogP contribution in [0.25, 0.3) is 4.96 Å². The van der Waals surface area contributed by atoms with Crippen molar-refractivity contribution in [2.24, 2.45) is 7.05 Å². The van der Waals surface area contributed by atoms with E-state index >= 15 is 0 Å². The van der Waals surface area contributed by atoms with E-state index in [2.05, 4.69) is 10.3 Å². The van der Waals surface area contributed by atoms with Crippen molar-refractivity contribution < 1.29 is 4.92 Å². The lowest BCUT2D eigenvalue weighted by atomic mass is 10.4. The zero-order chi connectivity index (χ0) is 15.1. The molecular formula is C11H9Cl2N5O2S. The molecule has 0 amide bonds. The number of hydrogen-bond acceptors (Lipinski definition) is 5. The zero-order valence-corrected chi connectivity index (χ0v) is 13.0. The van der Waals surface area contributed by atoms with Crippen molar-refractivity contribution in [1.82, 2.24) is 14.0 Å². The minimum Gasteiger partial charge on any atom is -0.358 e. The summed E-state index contributed by atoms with van der Waals surface area (Å²) in [4.78, 5) is 15.5. The molecule has 0 spiro atoms. The fourth-order valence-corrected chi connectivity index (χ4v) is 3.12. The predicted octanol–water partition coefficient (Wildman–Crippen LogP) is 3.56. The molecule has 0 aromatic carbocycles. The van der Waals surface area contributed by atoms with E-state index in [9.17, 15) is 10.1 Å². The maximum atomic E-state index is 11.2. The third-order valence-corrected chi connectivity index (χ3v) is 4.66. The Hall–Kier alpha value is -1.77. The summed E-state index contributed by atoms with van der Waals surface area (Å²) in [6.07, 6.45) is 1.62. The highest BCUT2D eigenvalue weighted by Crippen LogP contribution is 2.29. The van der Waals surface area contributed by atoms with Crippen LogP contribution < -0.4 is 5.32 Å². The lowest BCUT2D eigenvalue weighted by Crippen LogP contribution is -2.06. The molecule has 0 radical (unpaired) electrons. The second-order valence-electron chi connectivity index (χ2n) is 4.28. The molecule has 0 atom stereocenters. The van der Waals surface area contributed by atoms with Gasteiger partial charge in [0.25, 0.3) is 4.96 Å². The number of aromatic nitrogens is 3. The van der Waals surface area contributed by atoms with Crippen LogP contribution in [-0.4, -0.2) is 18.9 Å². The summed E-state index contributed by atoms with van der Waals surface area (Å²) in [6, 6.07) is 1.71. The van der Waals surface area contributed by atoms with Crippen molar-refractivity contribution in [2.75, 3.05) is 5.32 Å². The van der Waals surface area contributed by atoms with Crippen LogP contribution in [0.3, 0.4) is 0 Å². The van der Waals surface area contributed by atoms with Crippen LogP contribution in [0.1, 0.15) is 5.69 Å². The molecule has 0 bridgehead atoms. The Bertz CT molecular complexity index is 837. The molecular weight excluding hydrogens is 337 g/mol. The molecule has 3 rings (SSSR count). The third-order valence-electron chi connectivity index (χ3n) is 3.06. The summed E-state index contributed by atoms with van der Waals surface area (Å²) >= 11 is 13.3. The molecule has 0 saturated carbocycles. The molecule has 0 saturated heterocycles. The first-order valence-electron chi connectivity index (χ1n) is 5.82. The maximum Gasteiger partial charge on any atom is 0.372 e. The number of fused-ring (bicyclic) bond motifs is 1. The molecule has 1 N–H and O–H groups in total. The lowest BCUT2D eigenvalue weighted by molar-refractivity contribution is -0.389. The average Bonchev–Trinajstić information content (AvgIpc) is 3.06. The molecule has 3 heterocycles. The SMILES string of the molecule is Cn1c(CNc2nc3sccn3c2[N+](=O)[O-])cc(Cl)c1Cl. The van der Waals surface area contributed by atoms with Gasteiger partial charge in [0.15, 0.2) is 0 Å². The minimum atomic E-state index is -0.458. The highest BCUT2D eigenvalue weighted by Gasteiger charge is 2.23. The summed E-state index contributed by atoms with van der Waals surface area (Å²) in [5.41, 5.74) is 0.802. The first kappa shape index (κ1) is 14.2. The van der Waals surface area contributed by atoms with E-state index < -0.39 is 4.92 Å². The number of hydrogen-bond donors (Lipinski definition) is 1. The van der Waals surface area contributed by atoms with Crippen LogP contribution >= 0.6 is 34.5 Å². The number of thiazole rings is 1. The Morgan fingerprint density at radius 1 is 1.52 bits per heavy atom. The number of halogens is 2. The van der Waals surface area contributed by atoms with E-state index in [1.54, 1.807) is 29.3 Å². The van der Waals surface area contributed by atoms with E-state index in [1.807, 2.05) is 0 Å². The normalized spacial score (nSPS) is 11.2. The largest absolute Gasteiger partial charge is 0.372 e. The summed E-state index contributed by atoms with van der Waals surface area (Å²) in [5.74, 6) is 0.137. The Morgan fingerprint density at radius 3 is 2.90 bits per heavy atom. The van der Waals surface area contributed by atoms with Crippen LogP contribution in [0.4, 0.5) is 11.6 Å². The standard InChI is InChI=1S/C11H9Cl2N5O2S/c1-16-6(4-7(12)8(16)13)5-14-9-10(18(19)20)17-2-3-21-11(17)15-9/h2-4,14H,5H2,1H3. The highest BCUT2D eigenvalue weighted by atomic mass is 35.5. The fraction of sp³-hybridized carbons (Fsp3) is 0.182. The summed E-state index contributed by atoms with van der Waals surface area (Å²) in [7, 11) is 1.77. The Morgan fingerprint density at radius 2 is 2.29 bits per heavy atom. The lowest BCUT2D eigenvalue weighted by Gasteiger charge is -2.05. The van der Waals surface area contributed by atoms with Crippen molar-refractivity contribution in [1.29, 1.82) is 0 Å². The zero-order valence-electron chi connectivity index (χ0n) is 10.7. The Kier molecular flexibility index (Phi) is 3.52. The quantitative estimate of drug-likeness (QED) is 0.579. The van der Waals surface area contributed by atoms with Crippen molar-refractivity contribution in [3.63, 3.8) is 0 Å². The van der Waals surface area contributed by atoms with Crippen molar-refractivity contribution in [2.45, 2.75) is 6.54 Å². The molecule has 0 fully saturated rings. The second-order valence-corrected chi connectivity index (χ2v) is 5.92. The van der Waals surface area contributed by atoms with Gasteiger partial charge in [-0.05, 0) is 11.0 Å². The predicted molar refractivity (Wildman–Crippen MR) is 82.5 cm³/mol. The van der Waals surface area contributed by atoms with Gasteiger partial charge < -0.3 is 20.0 Å². The number of nitrogens with zero attached hydrogens (tertiary/aromatic N) is 4. The first-order valence-corrected chi connectivity index (χ1v) is 7.46. The van der Waals surface area contributed by atoms with Gasteiger partial charge >= 0.3 is 5.82 Å². The topological polar surface area (TPSA) is 77.4 Å². The van der Waals surface area contributed by atoms with Gasteiger partial charge in [-0.2, -0.15) is 9.38 Å². The van der Waals surface area contributed by atoms with E-state index in [4.69, 9.17) is 23.2 Å². The number of nitrogens with one attached hydrogen (secondary N) is 1. The number of anilines is 1. The fourth-order valence-electron chi connectivity index (χ4n) is 2.00. The maximum absolute atomic E-state index is 11.2. The molecule has 0 aliphatic rings. The van der Waals surface area contributed by atoms with Gasteiger partial charge in [-0.15, -0.1) is 0 Å². The van der Waals surface area contributed by atoms with E-state index in [-0.39, 0.29) is 11.6 Å². The smallest absolute Gasteiger partial charge is 0.358 e. The van der Waals surface area contributed by atoms with Crippen LogP contribution in [-0.2, 0) is 13.6 Å². The van der Waals surface area contributed by atoms with Crippen LogP contribution in [0.2, 0.25) is 10.2 Å². The molecule has 10 heteroatoms. The number of nitro groups is 1. The second kappa shape index (κ2) is 5.21. The monoisotopic (exact) mass is 345 g/mol. The number of imidazole rings is 1. The highest BCUT2D eigenvalue weighted by molar-refractivity contribution is 7.15. The third kappa shape index (κ3) is 2.35. The van der Waals surface area contributed by atoms with Gasteiger partial charge in [0.2, 0.25) is 5.82 Å². The molecule has 3 aromatic heterocycles. The van der Waals surface area contributed by atoms with Crippen molar-refractivity contribution in [3.8, 4) is 0 Å². The van der Waals surface area contributed by atoms with Gasteiger partial charge in [0.1, 0.15) is 11.3 Å². The molecule has 3 aromatic rings. The molecule has 0 aliphatic carbocycles. The van der Waals surface area contributed by atoms with Gasteiger partial charge in [0, 0.05) is 18.1 Å². The van der Waals surface area contributed by atoms with E-state index in [0.717, 1.165) is 5.69 Å². The van der Waals surface area contributed by atoms with Gasteiger partial charge in [-0.3, -0.25) is 0 Å². The molecule has 0 unspecified atom stereocenters. The van der Waals surface area contributed by atoms with Crippen LogP contribution in [0, 0.1) is 10.1 Å². The van der Waals surface area contributed by atoms with E-state index in [1.165, 1.54) is 15.7 Å². The van der Waals surface area contributed by atoms with Gasteiger partial charge in [-0.25, -0.2) is 0 Å². The van der Waals surface area contributed by atoms with Gasteiger partial charge in [-0.1, -0.05) is 34.5 Å². The van der Waals surface area contributed by atoms with Crippen molar-refractivity contribution in [3.05, 3.63) is 43.6 Å². The minimum absolute atomic E-state index is 0.0855. The molecule has 0 aliphatic heterocycles. The summed E-state index contributed by atoms with van der Waals surface area (Å²) < 4.78 is 3.15. The number of rotatable bonds is 4. The Balaban J connectivity index is 1.91. The van der Waals surface area contributed by atoms with Gasteiger partial charge in [0.05, 0.1) is 11.6 Å².